The quantitative estimate of drug-likeness (QED) is 0.751. The maximum Gasteiger partial charge on any atom is 0.251 e. The Bertz CT molecular complexity index is 426. The smallest absolute Gasteiger partial charge is 0.251 e. The molecule has 19 heavy (non-hydrogen) atoms. The maximum absolute atomic E-state index is 12.1. The molecule has 1 amide bonds. The molecule has 0 spiro atoms. The zero-order chi connectivity index (χ0) is 14.5. The van der Waals surface area contributed by atoms with Crippen LogP contribution in [0.4, 0.5) is 0 Å². The molecule has 0 aromatic heterocycles. The molecule has 0 saturated heterocycles. The number of benzene rings is 1. The van der Waals surface area contributed by atoms with Gasteiger partial charge in [0.1, 0.15) is 0 Å². The summed E-state index contributed by atoms with van der Waals surface area (Å²) in [6.45, 7) is 6.94. The summed E-state index contributed by atoms with van der Waals surface area (Å²) in [5, 5.41) is 4.59. The molecule has 0 heterocycles. The molecule has 106 valence electrons. The first-order chi connectivity index (χ1) is 8.84. The lowest BCUT2D eigenvalue weighted by atomic mass is 9.88. The van der Waals surface area contributed by atoms with Gasteiger partial charge in [-0.05, 0) is 48.9 Å². The maximum atomic E-state index is 12.1. The van der Waals surface area contributed by atoms with Gasteiger partial charge in [-0.2, -0.15) is 0 Å². The zero-order valence-corrected chi connectivity index (χ0v) is 14.1. The summed E-state index contributed by atoms with van der Waals surface area (Å²) in [7, 11) is 0. The molecule has 1 N–H and O–H groups in total. The number of aryl methyl sites for hydroxylation is 1. The fourth-order valence-corrected chi connectivity index (χ4v) is 2.49. The lowest BCUT2D eigenvalue weighted by molar-refractivity contribution is 0.0934. The van der Waals surface area contributed by atoms with E-state index in [1.54, 1.807) is 6.07 Å². The summed E-state index contributed by atoms with van der Waals surface area (Å²) < 4.78 is 0. The van der Waals surface area contributed by atoms with Gasteiger partial charge < -0.3 is 5.32 Å². The van der Waals surface area contributed by atoms with Crippen LogP contribution in [0.15, 0.2) is 18.2 Å². The standard InChI is InChI=1S/C15H21BrClNO/c1-11-7-12(9-13(17)8-11)14(19)18-10-15(2,3)5-4-6-16/h7-9H,4-6,10H2,1-3H3,(H,18,19). The van der Waals surface area contributed by atoms with Crippen molar-refractivity contribution in [3.8, 4) is 0 Å². The number of nitrogens with one attached hydrogen (secondary N) is 1. The minimum absolute atomic E-state index is 0.0579. The lowest BCUT2D eigenvalue weighted by Gasteiger charge is -2.24. The van der Waals surface area contributed by atoms with Crippen molar-refractivity contribution < 1.29 is 4.79 Å². The molecular weight excluding hydrogens is 326 g/mol. The molecule has 0 radical (unpaired) electrons. The topological polar surface area (TPSA) is 29.1 Å². The second kappa shape index (κ2) is 7.30. The Morgan fingerprint density at radius 3 is 2.63 bits per heavy atom. The number of halogens is 2. The number of amides is 1. The molecule has 1 aromatic rings. The number of carbonyl (C=O) groups is 1. The Labute approximate surface area is 129 Å². The van der Waals surface area contributed by atoms with Crippen molar-refractivity contribution in [2.75, 3.05) is 11.9 Å². The van der Waals surface area contributed by atoms with Gasteiger partial charge in [-0.3, -0.25) is 4.79 Å². The second-order valence-electron chi connectivity index (χ2n) is 5.66. The van der Waals surface area contributed by atoms with Crippen LogP contribution in [0.25, 0.3) is 0 Å². The first-order valence-electron chi connectivity index (χ1n) is 6.45. The molecule has 2 nitrogen and oxygen atoms in total. The monoisotopic (exact) mass is 345 g/mol. The third-order valence-electron chi connectivity index (χ3n) is 3.02. The van der Waals surface area contributed by atoms with E-state index in [0.717, 1.165) is 23.7 Å². The van der Waals surface area contributed by atoms with Gasteiger partial charge in [0.15, 0.2) is 0 Å². The van der Waals surface area contributed by atoms with Crippen molar-refractivity contribution in [1.29, 1.82) is 0 Å². The van der Waals surface area contributed by atoms with Gasteiger partial charge in [-0.25, -0.2) is 0 Å². The van der Waals surface area contributed by atoms with E-state index < -0.39 is 0 Å². The third-order valence-corrected chi connectivity index (χ3v) is 3.80. The van der Waals surface area contributed by atoms with E-state index in [1.165, 1.54) is 0 Å². The number of hydrogen-bond acceptors (Lipinski definition) is 1. The normalized spacial score (nSPS) is 11.4. The Kier molecular flexibility index (Phi) is 6.34. The molecule has 0 aliphatic heterocycles. The van der Waals surface area contributed by atoms with Crippen LogP contribution in [0.5, 0.6) is 0 Å². The van der Waals surface area contributed by atoms with Gasteiger partial charge in [-0.1, -0.05) is 41.4 Å². The molecule has 0 saturated carbocycles. The van der Waals surface area contributed by atoms with Crippen LogP contribution in [0, 0.1) is 12.3 Å². The Morgan fingerprint density at radius 2 is 2.05 bits per heavy atom. The molecule has 4 heteroatoms. The van der Waals surface area contributed by atoms with Gasteiger partial charge in [-0.15, -0.1) is 0 Å². The predicted octanol–water partition coefficient (Wildman–Crippen LogP) is 4.58. The van der Waals surface area contributed by atoms with Gasteiger partial charge in [0.25, 0.3) is 5.91 Å². The van der Waals surface area contributed by atoms with E-state index in [0.29, 0.717) is 17.1 Å². The van der Waals surface area contributed by atoms with E-state index in [-0.39, 0.29) is 11.3 Å². The summed E-state index contributed by atoms with van der Waals surface area (Å²) in [6.07, 6.45) is 2.19. The van der Waals surface area contributed by atoms with Gasteiger partial charge >= 0.3 is 0 Å². The lowest BCUT2D eigenvalue weighted by Crippen LogP contribution is -2.34. The van der Waals surface area contributed by atoms with E-state index >= 15 is 0 Å². The number of hydrogen-bond donors (Lipinski definition) is 1. The van der Waals surface area contributed by atoms with Crippen molar-refractivity contribution >= 4 is 33.4 Å². The van der Waals surface area contributed by atoms with E-state index in [9.17, 15) is 4.79 Å². The minimum atomic E-state index is -0.0579. The van der Waals surface area contributed by atoms with Crippen molar-refractivity contribution in [3.63, 3.8) is 0 Å². The van der Waals surface area contributed by atoms with Crippen LogP contribution in [-0.4, -0.2) is 17.8 Å². The zero-order valence-electron chi connectivity index (χ0n) is 11.7. The van der Waals surface area contributed by atoms with E-state index in [1.807, 2.05) is 19.1 Å². The SMILES string of the molecule is Cc1cc(Cl)cc(C(=O)NCC(C)(C)CCCBr)c1. The molecule has 0 bridgehead atoms. The second-order valence-corrected chi connectivity index (χ2v) is 6.89. The molecule has 0 unspecified atom stereocenters. The largest absolute Gasteiger partial charge is 0.352 e. The van der Waals surface area contributed by atoms with Crippen LogP contribution in [0.3, 0.4) is 0 Å². The molecule has 0 atom stereocenters. The number of alkyl halides is 1. The van der Waals surface area contributed by atoms with Crippen molar-refractivity contribution in [2.24, 2.45) is 5.41 Å². The highest BCUT2D eigenvalue weighted by Gasteiger charge is 2.18. The van der Waals surface area contributed by atoms with Crippen molar-refractivity contribution in [1.82, 2.24) is 5.32 Å². The predicted molar refractivity (Wildman–Crippen MR) is 85.3 cm³/mol. The van der Waals surface area contributed by atoms with E-state index in [4.69, 9.17) is 11.6 Å². The van der Waals surface area contributed by atoms with Crippen LogP contribution < -0.4 is 5.32 Å². The highest BCUT2D eigenvalue weighted by atomic mass is 79.9. The molecule has 0 aliphatic carbocycles. The summed E-state index contributed by atoms with van der Waals surface area (Å²) in [5.74, 6) is -0.0579. The molecule has 1 rings (SSSR count). The fraction of sp³-hybridized carbons (Fsp3) is 0.533. The third kappa shape index (κ3) is 5.96. The number of carbonyl (C=O) groups excluding carboxylic acids is 1. The van der Waals surface area contributed by atoms with Crippen LogP contribution >= 0.6 is 27.5 Å². The molecule has 1 aromatic carbocycles. The van der Waals surface area contributed by atoms with Gasteiger partial charge in [0, 0.05) is 22.5 Å². The first-order valence-corrected chi connectivity index (χ1v) is 7.95. The average Bonchev–Trinajstić information content (AvgIpc) is 2.32. The summed E-state index contributed by atoms with van der Waals surface area (Å²) in [6, 6.07) is 5.40. The Morgan fingerprint density at radius 1 is 1.37 bits per heavy atom. The first kappa shape index (κ1) is 16.5. The summed E-state index contributed by atoms with van der Waals surface area (Å²) in [4.78, 5) is 12.1. The van der Waals surface area contributed by atoms with Crippen LogP contribution in [0.2, 0.25) is 5.02 Å². The van der Waals surface area contributed by atoms with Crippen molar-refractivity contribution in [3.05, 3.63) is 34.3 Å². The van der Waals surface area contributed by atoms with Crippen LogP contribution in [-0.2, 0) is 0 Å². The highest BCUT2D eigenvalue weighted by Crippen LogP contribution is 2.22. The average molecular weight is 347 g/mol. The molecule has 0 fully saturated rings. The van der Waals surface area contributed by atoms with E-state index in [2.05, 4.69) is 35.1 Å². The fourth-order valence-electron chi connectivity index (χ4n) is 1.92. The van der Waals surface area contributed by atoms with Gasteiger partial charge in [0.05, 0.1) is 0 Å². The Hall–Kier alpha value is -0.540. The summed E-state index contributed by atoms with van der Waals surface area (Å²) >= 11 is 9.40. The Balaban J connectivity index is 2.60. The highest BCUT2D eigenvalue weighted by molar-refractivity contribution is 9.09. The van der Waals surface area contributed by atoms with Crippen LogP contribution in [0.1, 0.15) is 42.6 Å². The minimum Gasteiger partial charge on any atom is -0.352 e. The molecule has 0 aliphatic rings. The summed E-state index contributed by atoms with van der Waals surface area (Å²) in [5.41, 5.74) is 1.73. The van der Waals surface area contributed by atoms with Crippen molar-refractivity contribution in [2.45, 2.75) is 33.6 Å². The molecular formula is C15H21BrClNO. The number of rotatable bonds is 6. The van der Waals surface area contributed by atoms with Gasteiger partial charge in [0.2, 0.25) is 0 Å².